The number of carbonyl (C=O) groups excluding carboxylic acids is 2. The Morgan fingerprint density at radius 1 is 1.10 bits per heavy atom. The van der Waals surface area contributed by atoms with Crippen molar-refractivity contribution in [3.8, 4) is 11.5 Å². The maximum absolute atomic E-state index is 13.0. The summed E-state index contributed by atoms with van der Waals surface area (Å²) in [4.78, 5) is 27.4. The van der Waals surface area contributed by atoms with E-state index in [1.807, 2.05) is 50.2 Å². The van der Waals surface area contributed by atoms with Crippen molar-refractivity contribution in [2.45, 2.75) is 32.8 Å². The first kappa shape index (κ1) is 20.7. The highest BCUT2D eigenvalue weighted by atomic mass is 16.5. The van der Waals surface area contributed by atoms with E-state index in [2.05, 4.69) is 5.32 Å². The van der Waals surface area contributed by atoms with Gasteiger partial charge in [0.2, 0.25) is 0 Å². The molecule has 2 aromatic rings. The van der Waals surface area contributed by atoms with Crippen molar-refractivity contribution in [1.29, 1.82) is 0 Å². The number of hydrogen-bond donors (Lipinski definition) is 1. The second kappa shape index (κ2) is 9.45. The Morgan fingerprint density at radius 3 is 2.62 bits per heavy atom. The Bertz CT molecular complexity index is 865. The number of piperidine rings is 1. The lowest BCUT2D eigenvalue weighted by Gasteiger charge is -2.32. The molecule has 1 atom stereocenters. The number of Topliss-reactive ketones (excluding diaryl/α,β-unsaturated/α-hetero) is 1. The Morgan fingerprint density at radius 2 is 1.86 bits per heavy atom. The summed E-state index contributed by atoms with van der Waals surface area (Å²) in [6.07, 6.45) is 1.62. The zero-order valence-electron chi connectivity index (χ0n) is 17.2. The summed E-state index contributed by atoms with van der Waals surface area (Å²) in [5, 5.41) is 2.89. The topological polar surface area (TPSA) is 67.9 Å². The smallest absolute Gasteiger partial charge is 0.321 e. The fourth-order valence-corrected chi connectivity index (χ4v) is 3.51. The standard InChI is InChI=1S/C23H28N2O4/c1-16(2)29-21-11-4-7-17(13-21)22(26)18-8-6-12-25(15-18)23(27)24-19-9-5-10-20(14-19)28-3/h4-5,7,9-11,13-14,16,18H,6,8,12,15H2,1-3H3,(H,24,27). The van der Waals surface area contributed by atoms with Crippen molar-refractivity contribution in [2.24, 2.45) is 5.92 Å². The van der Waals surface area contributed by atoms with Crippen molar-refractivity contribution in [3.63, 3.8) is 0 Å². The number of hydrogen-bond acceptors (Lipinski definition) is 4. The van der Waals surface area contributed by atoms with Crippen LogP contribution in [0.2, 0.25) is 0 Å². The third-order valence-corrected chi connectivity index (χ3v) is 4.89. The van der Waals surface area contributed by atoms with Crippen molar-refractivity contribution in [2.75, 3.05) is 25.5 Å². The monoisotopic (exact) mass is 396 g/mol. The van der Waals surface area contributed by atoms with E-state index in [-0.39, 0.29) is 23.8 Å². The number of anilines is 1. The first-order valence-electron chi connectivity index (χ1n) is 9.97. The molecule has 1 aliphatic rings. The third kappa shape index (κ3) is 5.50. The van der Waals surface area contributed by atoms with Gasteiger partial charge >= 0.3 is 6.03 Å². The Labute approximate surface area is 171 Å². The fraction of sp³-hybridized carbons (Fsp3) is 0.391. The number of carbonyl (C=O) groups is 2. The van der Waals surface area contributed by atoms with Gasteiger partial charge in [0, 0.05) is 36.3 Å². The summed E-state index contributed by atoms with van der Waals surface area (Å²) in [6.45, 7) is 4.95. The number of rotatable bonds is 6. The van der Waals surface area contributed by atoms with Crippen LogP contribution in [-0.4, -0.2) is 43.0 Å². The second-order valence-corrected chi connectivity index (χ2v) is 7.51. The zero-order valence-corrected chi connectivity index (χ0v) is 17.2. The highest BCUT2D eigenvalue weighted by molar-refractivity contribution is 5.99. The number of ether oxygens (including phenoxy) is 2. The molecule has 1 aliphatic heterocycles. The van der Waals surface area contributed by atoms with Gasteiger partial charge in [-0.15, -0.1) is 0 Å². The van der Waals surface area contributed by atoms with Gasteiger partial charge in [-0.1, -0.05) is 18.2 Å². The molecule has 0 saturated carbocycles. The molecule has 1 unspecified atom stereocenters. The fourth-order valence-electron chi connectivity index (χ4n) is 3.51. The summed E-state index contributed by atoms with van der Waals surface area (Å²) >= 11 is 0. The number of methoxy groups -OCH3 is 1. The lowest BCUT2D eigenvalue weighted by atomic mass is 9.90. The highest BCUT2D eigenvalue weighted by Gasteiger charge is 2.29. The molecule has 0 aliphatic carbocycles. The Hall–Kier alpha value is -3.02. The van der Waals surface area contributed by atoms with Crippen LogP contribution >= 0.6 is 0 Å². The van der Waals surface area contributed by atoms with E-state index in [1.54, 1.807) is 24.1 Å². The van der Waals surface area contributed by atoms with E-state index >= 15 is 0 Å². The van der Waals surface area contributed by atoms with Crippen LogP contribution in [0, 0.1) is 5.92 Å². The molecule has 154 valence electrons. The summed E-state index contributed by atoms with van der Waals surface area (Å²) in [5.41, 5.74) is 1.30. The molecule has 2 amide bonds. The molecule has 1 N–H and O–H groups in total. The zero-order chi connectivity index (χ0) is 20.8. The minimum Gasteiger partial charge on any atom is -0.497 e. The third-order valence-electron chi connectivity index (χ3n) is 4.89. The predicted molar refractivity (Wildman–Crippen MR) is 113 cm³/mol. The van der Waals surface area contributed by atoms with Crippen molar-refractivity contribution in [1.82, 2.24) is 4.90 Å². The summed E-state index contributed by atoms with van der Waals surface area (Å²) in [5.74, 6) is 1.21. The van der Waals surface area contributed by atoms with E-state index in [4.69, 9.17) is 9.47 Å². The average Bonchev–Trinajstić information content (AvgIpc) is 2.73. The van der Waals surface area contributed by atoms with Crippen LogP contribution in [0.15, 0.2) is 48.5 Å². The van der Waals surface area contributed by atoms with E-state index in [0.717, 1.165) is 12.8 Å². The molecule has 2 aromatic carbocycles. The largest absolute Gasteiger partial charge is 0.497 e. The molecule has 0 bridgehead atoms. The number of nitrogens with zero attached hydrogens (tertiary/aromatic N) is 1. The van der Waals surface area contributed by atoms with Gasteiger partial charge in [0.25, 0.3) is 0 Å². The number of likely N-dealkylation sites (tertiary alicyclic amines) is 1. The van der Waals surface area contributed by atoms with Gasteiger partial charge in [0.15, 0.2) is 5.78 Å². The van der Waals surface area contributed by atoms with Gasteiger partial charge in [0.1, 0.15) is 11.5 Å². The maximum Gasteiger partial charge on any atom is 0.321 e. The summed E-state index contributed by atoms with van der Waals surface area (Å²) in [6, 6.07) is 14.3. The van der Waals surface area contributed by atoms with Gasteiger partial charge in [-0.2, -0.15) is 0 Å². The number of urea groups is 1. The van der Waals surface area contributed by atoms with Crippen LogP contribution in [-0.2, 0) is 0 Å². The number of benzene rings is 2. The molecule has 0 spiro atoms. The summed E-state index contributed by atoms with van der Waals surface area (Å²) < 4.78 is 10.9. The Balaban J connectivity index is 1.65. The van der Waals surface area contributed by atoms with E-state index in [1.165, 1.54) is 0 Å². The van der Waals surface area contributed by atoms with Gasteiger partial charge in [0.05, 0.1) is 13.2 Å². The van der Waals surface area contributed by atoms with Crippen LogP contribution in [0.1, 0.15) is 37.0 Å². The second-order valence-electron chi connectivity index (χ2n) is 7.51. The maximum atomic E-state index is 13.0. The molecule has 1 fully saturated rings. The number of ketones is 1. The molecule has 3 rings (SSSR count). The van der Waals surface area contributed by atoms with Crippen LogP contribution < -0.4 is 14.8 Å². The lowest BCUT2D eigenvalue weighted by Crippen LogP contribution is -2.44. The van der Waals surface area contributed by atoms with Gasteiger partial charge in [-0.25, -0.2) is 4.79 Å². The van der Waals surface area contributed by atoms with Crippen molar-refractivity contribution < 1.29 is 19.1 Å². The Kier molecular flexibility index (Phi) is 6.75. The molecule has 0 aromatic heterocycles. The SMILES string of the molecule is COc1cccc(NC(=O)N2CCCC(C(=O)c3cccc(OC(C)C)c3)C2)c1. The van der Waals surface area contributed by atoms with Crippen LogP contribution in [0.3, 0.4) is 0 Å². The minimum atomic E-state index is -0.214. The molecule has 1 saturated heterocycles. The molecule has 29 heavy (non-hydrogen) atoms. The van der Waals surface area contributed by atoms with Crippen molar-refractivity contribution in [3.05, 3.63) is 54.1 Å². The number of amides is 2. The van der Waals surface area contributed by atoms with E-state index in [9.17, 15) is 9.59 Å². The minimum absolute atomic E-state index is 0.0471. The quantitative estimate of drug-likeness (QED) is 0.724. The molecule has 6 heteroatoms. The molecule has 6 nitrogen and oxygen atoms in total. The van der Waals surface area contributed by atoms with E-state index < -0.39 is 0 Å². The predicted octanol–water partition coefficient (Wildman–Crippen LogP) is 4.61. The highest BCUT2D eigenvalue weighted by Crippen LogP contribution is 2.24. The molecule has 1 heterocycles. The first-order valence-corrected chi connectivity index (χ1v) is 9.97. The summed E-state index contributed by atoms with van der Waals surface area (Å²) in [7, 11) is 1.59. The number of nitrogens with one attached hydrogen (secondary N) is 1. The average molecular weight is 396 g/mol. The van der Waals surface area contributed by atoms with Gasteiger partial charge < -0.3 is 19.7 Å². The normalized spacial score (nSPS) is 16.4. The van der Waals surface area contributed by atoms with Gasteiger partial charge in [-0.05, 0) is 51.0 Å². The van der Waals surface area contributed by atoms with Crippen LogP contribution in [0.4, 0.5) is 10.5 Å². The lowest BCUT2D eigenvalue weighted by molar-refractivity contribution is 0.0850. The molecule has 0 radical (unpaired) electrons. The molecular weight excluding hydrogens is 368 g/mol. The van der Waals surface area contributed by atoms with E-state index in [0.29, 0.717) is 35.8 Å². The van der Waals surface area contributed by atoms with Crippen LogP contribution in [0.5, 0.6) is 11.5 Å². The van der Waals surface area contributed by atoms with Crippen molar-refractivity contribution >= 4 is 17.5 Å². The first-order chi connectivity index (χ1) is 14.0. The molecular formula is C23H28N2O4. The van der Waals surface area contributed by atoms with Gasteiger partial charge in [-0.3, -0.25) is 4.79 Å². The van der Waals surface area contributed by atoms with Crippen LogP contribution in [0.25, 0.3) is 0 Å².